The maximum Gasteiger partial charge on any atom is 0.412 e. The van der Waals surface area contributed by atoms with Crippen LogP contribution < -0.4 is 11.5 Å². The molecule has 0 spiro atoms. The Morgan fingerprint density at radius 1 is 1.50 bits per heavy atom. The van der Waals surface area contributed by atoms with Gasteiger partial charge in [0.1, 0.15) is 6.04 Å². The van der Waals surface area contributed by atoms with Gasteiger partial charge in [-0.25, -0.2) is 9.59 Å². The van der Waals surface area contributed by atoms with Crippen LogP contribution in [0, 0.1) is 5.92 Å². The number of esters is 1. The first-order chi connectivity index (χ1) is 5.49. The molecule has 0 radical (unpaired) electrons. The smallest absolute Gasteiger partial charge is 0.375 e. The number of hydrogen-bond donors (Lipinski definition) is 2. The maximum absolute atomic E-state index is 10.9. The standard InChI is InChI=1S/C7H14N2O3/c1-3-4(2)5(8)6(10)12-7(9)11/h4-5H,3,8H2,1-2H3,(H2,9,11). The van der Waals surface area contributed by atoms with Crippen molar-refractivity contribution in [1.82, 2.24) is 0 Å². The van der Waals surface area contributed by atoms with Crippen molar-refractivity contribution < 1.29 is 14.3 Å². The van der Waals surface area contributed by atoms with Gasteiger partial charge >= 0.3 is 12.1 Å². The second kappa shape index (κ2) is 4.71. The maximum atomic E-state index is 10.9. The molecule has 0 aromatic carbocycles. The van der Waals surface area contributed by atoms with E-state index in [9.17, 15) is 9.59 Å². The Labute approximate surface area is 71.0 Å². The molecular formula is C7H14N2O3. The Morgan fingerprint density at radius 2 is 2.00 bits per heavy atom. The monoisotopic (exact) mass is 174 g/mol. The minimum absolute atomic E-state index is 0.0168. The van der Waals surface area contributed by atoms with Gasteiger partial charge in [-0.3, -0.25) is 0 Å². The first-order valence-corrected chi connectivity index (χ1v) is 3.75. The van der Waals surface area contributed by atoms with Gasteiger partial charge in [0.05, 0.1) is 0 Å². The van der Waals surface area contributed by atoms with Crippen molar-refractivity contribution in [3.8, 4) is 0 Å². The molecular weight excluding hydrogens is 160 g/mol. The fourth-order valence-corrected chi connectivity index (χ4v) is 0.653. The summed E-state index contributed by atoms with van der Waals surface area (Å²) in [4.78, 5) is 21.1. The zero-order valence-electron chi connectivity index (χ0n) is 7.24. The van der Waals surface area contributed by atoms with E-state index in [0.717, 1.165) is 6.42 Å². The molecule has 0 aromatic rings. The summed E-state index contributed by atoms with van der Waals surface area (Å²) in [6.45, 7) is 3.69. The topological polar surface area (TPSA) is 95.4 Å². The average Bonchev–Trinajstić information content (AvgIpc) is 2.00. The first kappa shape index (κ1) is 10.9. The molecule has 2 atom stereocenters. The van der Waals surface area contributed by atoms with Crippen molar-refractivity contribution in [3.63, 3.8) is 0 Å². The number of primary amides is 1. The van der Waals surface area contributed by atoms with Gasteiger partial charge < -0.3 is 16.2 Å². The third-order valence-electron chi connectivity index (χ3n) is 1.73. The molecule has 0 bridgehead atoms. The van der Waals surface area contributed by atoms with Crippen LogP contribution in [-0.2, 0) is 9.53 Å². The van der Waals surface area contributed by atoms with Gasteiger partial charge in [0.25, 0.3) is 0 Å². The number of rotatable bonds is 3. The van der Waals surface area contributed by atoms with Crippen molar-refractivity contribution in [3.05, 3.63) is 0 Å². The molecule has 5 nitrogen and oxygen atoms in total. The lowest BCUT2D eigenvalue weighted by molar-refractivity contribution is -0.139. The van der Waals surface area contributed by atoms with Crippen LogP contribution in [0.15, 0.2) is 0 Å². The fraction of sp³-hybridized carbons (Fsp3) is 0.714. The van der Waals surface area contributed by atoms with E-state index in [4.69, 9.17) is 5.73 Å². The van der Waals surface area contributed by atoms with Gasteiger partial charge in [-0.1, -0.05) is 20.3 Å². The molecule has 12 heavy (non-hydrogen) atoms. The van der Waals surface area contributed by atoms with Crippen LogP contribution in [0.4, 0.5) is 4.79 Å². The Bertz CT molecular complexity index is 181. The van der Waals surface area contributed by atoms with Crippen molar-refractivity contribution >= 4 is 12.1 Å². The van der Waals surface area contributed by atoms with Crippen molar-refractivity contribution in [2.45, 2.75) is 26.3 Å². The molecule has 0 rings (SSSR count). The molecule has 0 aliphatic carbocycles. The van der Waals surface area contributed by atoms with Crippen LogP contribution in [0.1, 0.15) is 20.3 Å². The molecule has 0 fully saturated rings. The van der Waals surface area contributed by atoms with Crippen molar-refractivity contribution in [2.24, 2.45) is 17.4 Å². The van der Waals surface area contributed by atoms with E-state index in [1.165, 1.54) is 0 Å². The lowest BCUT2D eigenvalue weighted by Gasteiger charge is -2.14. The highest BCUT2D eigenvalue weighted by Gasteiger charge is 2.22. The summed E-state index contributed by atoms with van der Waals surface area (Å²) in [5.74, 6) is -0.784. The molecule has 0 heterocycles. The van der Waals surface area contributed by atoms with Crippen LogP contribution in [0.2, 0.25) is 0 Å². The molecule has 1 amide bonds. The molecule has 2 unspecified atom stereocenters. The molecule has 70 valence electrons. The minimum atomic E-state index is -1.11. The van der Waals surface area contributed by atoms with Crippen molar-refractivity contribution in [1.29, 1.82) is 0 Å². The van der Waals surface area contributed by atoms with Crippen LogP contribution >= 0.6 is 0 Å². The number of amides is 1. The van der Waals surface area contributed by atoms with E-state index in [-0.39, 0.29) is 5.92 Å². The normalized spacial score (nSPS) is 14.9. The van der Waals surface area contributed by atoms with E-state index >= 15 is 0 Å². The quantitative estimate of drug-likeness (QED) is 0.464. The molecule has 5 heteroatoms. The van der Waals surface area contributed by atoms with Gasteiger partial charge in [-0.15, -0.1) is 0 Å². The predicted molar refractivity (Wildman–Crippen MR) is 43.1 cm³/mol. The molecule has 0 saturated heterocycles. The summed E-state index contributed by atoms with van der Waals surface area (Å²) in [6, 6.07) is -0.775. The minimum Gasteiger partial charge on any atom is -0.375 e. The van der Waals surface area contributed by atoms with Crippen LogP contribution in [-0.4, -0.2) is 18.1 Å². The number of ether oxygens (including phenoxy) is 1. The van der Waals surface area contributed by atoms with Gasteiger partial charge in [-0.05, 0) is 5.92 Å². The summed E-state index contributed by atoms with van der Waals surface area (Å²) in [5, 5.41) is 0. The van der Waals surface area contributed by atoms with Crippen molar-refractivity contribution in [2.75, 3.05) is 0 Å². The third-order valence-corrected chi connectivity index (χ3v) is 1.73. The Kier molecular flexibility index (Phi) is 4.28. The summed E-state index contributed by atoms with van der Waals surface area (Å²) in [6.07, 6.45) is -0.367. The molecule has 0 saturated carbocycles. The SMILES string of the molecule is CCC(C)C(N)C(=O)OC(N)=O. The van der Waals surface area contributed by atoms with Gasteiger partial charge in [0.15, 0.2) is 0 Å². The fourth-order valence-electron chi connectivity index (χ4n) is 0.653. The lowest BCUT2D eigenvalue weighted by Crippen LogP contribution is -2.39. The summed E-state index contributed by atoms with van der Waals surface area (Å²) in [7, 11) is 0. The van der Waals surface area contributed by atoms with E-state index < -0.39 is 18.1 Å². The molecule has 0 aromatic heterocycles. The van der Waals surface area contributed by atoms with Crippen LogP contribution in [0.25, 0.3) is 0 Å². The van der Waals surface area contributed by atoms with E-state index in [0.29, 0.717) is 0 Å². The Morgan fingerprint density at radius 3 is 2.33 bits per heavy atom. The number of hydrogen-bond acceptors (Lipinski definition) is 4. The Balaban J connectivity index is 4.01. The molecule has 0 aliphatic rings. The second-order valence-electron chi connectivity index (χ2n) is 2.65. The van der Waals surface area contributed by atoms with E-state index in [1.54, 1.807) is 6.92 Å². The Hall–Kier alpha value is -1.10. The van der Waals surface area contributed by atoms with E-state index in [2.05, 4.69) is 10.5 Å². The average molecular weight is 174 g/mol. The van der Waals surface area contributed by atoms with Gasteiger partial charge in [-0.2, -0.15) is 0 Å². The number of carbonyl (C=O) groups is 2. The molecule has 0 aliphatic heterocycles. The van der Waals surface area contributed by atoms with Gasteiger partial charge in [0, 0.05) is 0 Å². The summed E-state index contributed by atoms with van der Waals surface area (Å²) < 4.78 is 4.11. The zero-order valence-corrected chi connectivity index (χ0v) is 7.24. The highest BCUT2D eigenvalue weighted by atomic mass is 16.6. The highest BCUT2D eigenvalue weighted by molar-refractivity contribution is 5.86. The first-order valence-electron chi connectivity index (χ1n) is 3.75. The summed E-state index contributed by atoms with van der Waals surface area (Å²) in [5.41, 5.74) is 10.1. The number of carbonyl (C=O) groups excluding carboxylic acids is 2. The highest BCUT2D eigenvalue weighted by Crippen LogP contribution is 2.06. The lowest BCUT2D eigenvalue weighted by atomic mass is 10.0. The second-order valence-corrected chi connectivity index (χ2v) is 2.65. The largest absolute Gasteiger partial charge is 0.412 e. The molecule has 4 N–H and O–H groups in total. The van der Waals surface area contributed by atoms with E-state index in [1.807, 2.05) is 6.92 Å². The predicted octanol–water partition coefficient (Wildman–Crippen LogP) is -0.0183. The van der Waals surface area contributed by atoms with Crippen LogP contribution in [0.5, 0.6) is 0 Å². The van der Waals surface area contributed by atoms with Crippen LogP contribution in [0.3, 0.4) is 0 Å². The number of nitrogens with two attached hydrogens (primary N) is 2. The summed E-state index contributed by atoms with van der Waals surface area (Å²) >= 11 is 0. The zero-order chi connectivity index (χ0) is 9.72. The third kappa shape index (κ3) is 3.34. The van der Waals surface area contributed by atoms with Gasteiger partial charge in [0.2, 0.25) is 0 Å².